The van der Waals surface area contributed by atoms with E-state index in [4.69, 9.17) is 9.73 Å². The minimum absolute atomic E-state index is 0. The molecule has 154 valence electrons. The first-order valence-corrected chi connectivity index (χ1v) is 10.2. The van der Waals surface area contributed by atoms with Crippen molar-refractivity contribution < 1.29 is 9.13 Å². The average Bonchev–Trinajstić information content (AvgIpc) is 3.06. The first-order valence-electron chi connectivity index (χ1n) is 9.40. The monoisotopic (exact) mass is 518 g/mol. The fourth-order valence-electron chi connectivity index (χ4n) is 3.19. The molecule has 1 saturated heterocycles. The third-order valence-corrected chi connectivity index (χ3v) is 5.37. The number of nitrogens with one attached hydrogen (secondary N) is 1. The van der Waals surface area contributed by atoms with Gasteiger partial charge in [-0.2, -0.15) is 0 Å². The van der Waals surface area contributed by atoms with Crippen LogP contribution in [-0.2, 0) is 11.2 Å². The van der Waals surface area contributed by atoms with Gasteiger partial charge in [0.25, 0.3) is 0 Å². The van der Waals surface area contributed by atoms with Crippen LogP contribution >= 0.6 is 35.3 Å². The zero-order valence-corrected chi connectivity index (χ0v) is 19.7. The Morgan fingerprint density at radius 1 is 1.36 bits per heavy atom. The maximum Gasteiger partial charge on any atom is 0.194 e. The van der Waals surface area contributed by atoms with Crippen molar-refractivity contribution in [3.63, 3.8) is 0 Å². The molecule has 0 bridgehead atoms. The average molecular weight is 518 g/mol. The van der Waals surface area contributed by atoms with Gasteiger partial charge < -0.3 is 15.0 Å². The standard InChI is InChI=1S/C20H27FN4OS.HI/c1-4-22-20(23-10-9-19-24-11-15(3)27-19)25-12-14(2)26-18(13-25)16-5-7-17(21)8-6-16;/h5-8,11,14,18H,4,9-10,12-13H2,1-3H3,(H,22,23);1H. The summed E-state index contributed by atoms with van der Waals surface area (Å²) in [6.07, 6.45) is 2.72. The highest BCUT2D eigenvalue weighted by atomic mass is 127. The number of guanidine groups is 1. The van der Waals surface area contributed by atoms with E-state index in [1.165, 1.54) is 17.0 Å². The number of morpholine rings is 1. The number of halogens is 2. The van der Waals surface area contributed by atoms with E-state index in [0.29, 0.717) is 13.1 Å². The van der Waals surface area contributed by atoms with Crippen LogP contribution in [0.5, 0.6) is 0 Å². The molecule has 0 aliphatic carbocycles. The predicted molar refractivity (Wildman–Crippen MR) is 123 cm³/mol. The molecule has 2 aromatic rings. The third-order valence-electron chi connectivity index (χ3n) is 4.39. The fourth-order valence-corrected chi connectivity index (χ4v) is 3.96. The first kappa shape index (κ1) is 23.0. The molecular weight excluding hydrogens is 490 g/mol. The van der Waals surface area contributed by atoms with Crippen LogP contribution in [0.3, 0.4) is 0 Å². The molecule has 1 aliphatic heterocycles. The zero-order chi connectivity index (χ0) is 19.2. The van der Waals surface area contributed by atoms with Crippen molar-refractivity contribution in [1.29, 1.82) is 0 Å². The van der Waals surface area contributed by atoms with Crippen LogP contribution in [-0.4, -0.2) is 48.1 Å². The van der Waals surface area contributed by atoms with E-state index in [9.17, 15) is 4.39 Å². The second-order valence-corrected chi connectivity index (χ2v) is 8.06. The van der Waals surface area contributed by atoms with Gasteiger partial charge in [0.05, 0.1) is 17.7 Å². The topological polar surface area (TPSA) is 49.8 Å². The number of aromatic nitrogens is 1. The van der Waals surface area contributed by atoms with Crippen LogP contribution in [0.2, 0.25) is 0 Å². The van der Waals surface area contributed by atoms with Gasteiger partial charge >= 0.3 is 0 Å². The first-order chi connectivity index (χ1) is 13.0. The Kier molecular flexibility index (Phi) is 9.10. The molecule has 1 aromatic carbocycles. The van der Waals surface area contributed by atoms with E-state index in [1.54, 1.807) is 23.5 Å². The van der Waals surface area contributed by atoms with E-state index in [2.05, 4.69) is 36.0 Å². The predicted octanol–water partition coefficient (Wildman–Crippen LogP) is 4.18. The quantitative estimate of drug-likeness (QED) is 0.367. The van der Waals surface area contributed by atoms with Crippen molar-refractivity contribution in [3.8, 4) is 0 Å². The molecule has 28 heavy (non-hydrogen) atoms. The Bertz CT molecular complexity index is 768. The second kappa shape index (κ2) is 11.1. The van der Waals surface area contributed by atoms with Crippen molar-refractivity contribution >= 4 is 41.3 Å². The summed E-state index contributed by atoms with van der Waals surface area (Å²) in [5, 5.41) is 4.51. The van der Waals surface area contributed by atoms with Gasteiger partial charge in [-0.05, 0) is 38.5 Å². The summed E-state index contributed by atoms with van der Waals surface area (Å²) < 4.78 is 19.3. The Hall–Kier alpha value is -1.26. The highest BCUT2D eigenvalue weighted by Crippen LogP contribution is 2.25. The van der Waals surface area contributed by atoms with Gasteiger partial charge in [0.2, 0.25) is 0 Å². The lowest BCUT2D eigenvalue weighted by Crippen LogP contribution is -2.50. The Labute approximate surface area is 187 Å². The lowest BCUT2D eigenvalue weighted by Gasteiger charge is -2.38. The van der Waals surface area contributed by atoms with Crippen LogP contribution in [0.4, 0.5) is 4.39 Å². The maximum absolute atomic E-state index is 13.2. The molecule has 2 heterocycles. The SMILES string of the molecule is CCNC(=NCCc1ncc(C)s1)N1CC(C)OC(c2ccc(F)cc2)C1.I. The van der Waals surface area contributed by atoms with Crippen LogP contribution in [0.15, 0.2) is 35.5 Å². The molecule has 0 saturated carbocycles. The normalized spacial score (nSPS) is 20.0. The molecule has 0 spiro atoms. The Balaban J connectivity index is 0.00000280. The number of aliphatic imine (C=N–C) groups is 1. The van der Waals surface area contributed by atoms with E-state index >= 15 is 0 Å². The molecule has 8 heteroatoms. The minimum Gasteiger partial charge on any atom is -0.367 e. The number of thiazole rings is 1. The molecule has 2 unspecified atom stereocenters. The van der Waals surface area contributed by atoms with Crippen molar-refractivity contribution in [2.75, 3.05) is 26.2 Å². The highest BCUT2D eigenvalue weighted by molar-refractivity contribution is 14.0. The van der Waals surface area contributed by atoms with Crippen LogP contribution in [0.25, 0.3) is 0 Å². The molecular formula is C20H28FIN4OS. The number of hydrogen-bond acceptors (Lipinski definition) is 4. The number of benzene rings is 1. The van der Waals surface area contributed by atoms with Gasteiger partial charge in [0.1, 0.15) is 11.9 Å². The Morgan fingerprint density at radius 3 is 2.75 bits per heavy atom. The van der Waals surface area contributed by atoms with E-state index in [-0.39, 0.29) is 42.0 Å². The number of rotatable bonds is 5. The molecule has 5 nitrogen and oxygen atoms in total. The smallest absolute Gasteiger partial charge is 0.194 e. The van der Waals surface area contributed by atoms with E-state index in [0.717, 1.165) is 36.0 Å². The molecule has 1 aromatic heterocycles. The van der Waals surface area contributed by atoms with E-state index < -0.39 is 0 Å². The minimum atomic E-state index is -0.230. The maximum atomic E-state index is 13.2. The molecule has 3 rings (SSSR count). The fraction of sp³-hybridized carbons (Fsp3) is 0.500. The summed E-state index contributed by atoms with van der Waals surface area (Å²) in [6.45, 7) is 9.17. The molecule has 0 radical (unpaired) electrons. The van der Waals surface area contributed by atoms with Crippen molar-refractivity contribution in [2.45, 2.75) is 39.4 Å². The molecule has 1 fully saturated rings. The van der Waals surface area contributed by atoms with Gasteiger partial charge in [0.15, 0.2) is 5.96 Å². The van der Waals surface area contributed by atoms with E-state index in [1.807, 2.05) is 6.20 Å². The molecule has 2 atom stereocenters. The lowest BCUT2D eigenvalue weighted by atomic mass is 10.1. The third kappa shape index (κ3) is 6.38. The Morgan fingerprint density at radius 2 is 2.11 bits per heavy atom. The molecule has 1 aliphatic rings. The summed E-state index contributed by atoms with van der Waals surface area (Å²) in [7, 11) is 0. The lowest BCUT2D eigenvalue weighted by molar-refractivity contribution is -0.0605. The zero-order valence-electron chi connectivity index (χ0n) is 16.5. The van der Waals surface area contributed by atoms with Gasteiger partial charge in [-0.3, -0.25) is 4.99 Å². The number of hydrogen-bond donors (Lipinski definition) is 1. The van der Waals surface area contributed by atoms with Gasteiger partial charge in [0, 0.05) is 37.1 Å². The largest absolute Gasteiger partial charge is 0.367 e. The number of nitrogens with zero attached hydrogens (tertiary/aromatic N) is 3. The molecule has 1 N–H and O–H groups in total. The van der Waals surface area contributed by atoms with Crippen molar-refractivity contribution in [3.05, 3.63) is 51.7 Å². The van der Waals surface area contributed by atoms with Crippen molar-refractivity contribution in [1.82, 2.24) is 15.2 Å². The summed E-state index contributed by atoms with van der Waals surface area (Å²) in [5.74, 6) is 0.667. The van der Waals surface area contributed by atoms with Gasteiger partial charge in [-0.25, -0.2) is 9.37 Å². The summed E-state index contributed by atoms with van der Waals surface area (Å²) >= 11 is 1.72. The van der Waals surface area contributed by atoms with Crippen LogP contribution < -0.4 is 5.32 Å². The highest BCUT2D eigenvalue weighted by Gasteiger charge is 2.28. The summed E-state index contributed by atoms with van der Waals surface area (Å²) in [5.41, 5.74) is 0.988. The van der Waals surface area contributed by atoms with Crippen molar-refractivity contribution in [2.24, 2.45) is 4.99 Å². The summed E-state index contributed by atoms with van der Waals surface area (Å²) in [4.78, 5) is 12.7. The van der Waals surface area contributed by atoms with Gasteiger partial charge in [-0.1, -0.05) is 12.1 Å². The number of ether oxygens (including phenoxy) is 1. The van der Waals surface area contributed by atoms with Gasteiger partial charge in [-0.15, -0.1) is 35.3 Å². The second-order valence-electron chi connectivity index (χ2n) is 6.74. The van der Waals surface area contributed by atoms with Crippen LogP contribution in [0, 0.1) is 12.7 Å². The van der Waals surface area contributed by atoms with Crippen LogP contribution in [0.1, 0.15) is 35.4 Å². The summed E-state index contributed by atoms with van der Waals surface area (Å²) in [6, 6.07) is 6.56. The number of aryl methyl sites for hydroxylation is 1. The molecule has 0 amide bonds.